The highest BCUT2D eigenvalue weighted by molar-refractivity contribution is 6.20. The zero-order valence-electron chi connectivity index (χ0n) is 12.0. The SMILES string of the molecule is COc1c(C)cnc(CNC2CCC(Cl)CC2)c1C. The van der Waals surface area contributed by atoms with Gasteiger partial charge in [-0.2, -0.15) is 0 Å². The number of nitrogens with zero attached hydrogens (tertiary/aromatic N) is 1. The van der Waals surface area contributed by atoms with Crippen molar-refractivity contribution in [3.63, 3.8) is 0 Å². The lowest BCUT2D eigenvalue weighted by Gasteiger charge is -2.26. The lowest BCUT2D eigenvalue weighted by atomic mass is 9.95. The van der Waals surface area contributed by atoms with Crippen molar-refractivity contribution in [3.05, 3.63) is 23.0 Å². The van der Waals surface area contributed by atoms with Crippen molar-refractivity contribution in [2.75, 3.05) is 7.11 Å². The summed E-state index contributed by atoms with van der Waals surface area (Å²) in [5, 5.41) is 3.97. The average Bonchev–Trinajstić information content (AvgIpc) is 2.40. The van der Waals surface area contributed by atoms with E-state index in [9.17, 15) is 0 Å². The largest absolute Gasteiger partial charge is 0.496 e. The molecule has 0 atom stereocenters. The van der Waals surface area contributed by atoms with E-state index in [0.717, 1.165) is 54.8 Å². The van der Waals surface area contributed by atoms with Gasteiger partial charge in [-0.15, -0.1) is 11.6 Å². The van der Waals surface area contributed by atoms with Crippen molar-refractivity contribution in [1.82, 2.24) is 10.3 Å². The molecule has 0 amide bonds. The number of aromatic nitrogens is 1. The molecule has 0 aromatic carbocycles. The summed E-state index contributed by atoms with van der Waals surface area (Å²) in [4.78, 5) is 4.52. The highest BCUT2D eigenvalue weighted by Crippen LogP contribution is 2.25. The van der Waals surface area contributed by atoms with Crippen LogP contribution in [0.3, 0.4) is 0 Å². The molecule has 1 saturated carbocycles. The van der Waals surface area contributed by atoms with Crippen LogP contribution in [0, 0.1) is 13.8 Å². The first-order valence-electron chi connectivity index (χ1n) is 6.98. The van der Waals surface area contributed by atoms with E-state index >= 15 is 0 Å². The molecule has 0 unspecified atom stereocenters. The Morgan fingerprint density at radius 2 is 2.00 bits per heavy atom. The van der Waals surface area contributed by atoms with Crippen molar-refractivity contribution in [1.29, 1.82) is 0 Å². The Morgan fingerprint density at radius 3 is 2.63 bits per heavy atom. The van der Waals surface area contributed by atoms with Crippen LogP contribution in [0.1, 0.15) is 42.5 Å². The number of halogens is 1. The normalized spacial score (nSPS) is 23.4. The Balaban J connectivity index is 1.96. The zero-order valence-corrected chi connectivity index (χ0v) is 12.8. The Morgan fingerprint density at radius 1 is 1.32 bits per heavy atom. The van der Waals surface area contributed by atoms with Gasteiger partial charge in [-0.25, -0.2) is 0 Å². The lowest BCUT2D eigenvalue weighted by Crippen LogP contribution is -2.33. The number of hydrogen-bond donors (Lipinski definition) is 1. The van der Waals surface area contributed by atoms with Crippen molar-refractivity contribution in [2.24, 2.45) is 0 Å². The highest BCUT2D eigenvalue weighted by Gasteiger charge is 2.19. The molecule has 0 spiro atoms. The van der Waals surface area contributed by atoms with Gasteiger partial charge in [-0.1, -0.05) is 0 Å². The summed E-state index contributed by atoms with van der Waals surface area (Å²) in [5.41, 5.74) is 3.31. The molecule has 1 aromatic heterocycles. The molecule has 0 saturated heterocycles. The van der Waals surface area contributed by atoms with E-state index in [1.165, 1.54) is 0 Å². The van der Waals surface area contributed by atoms with Crippen molar-refractivity contribution < 1.29 is 4.74 Å². The minimum atomic E-state index is 0.373. The molecule has 1 aliphatic carbocycles. The minimum Gasteiger partial charge on any atom is -0.496 e. The first-order chi connectivity index (χ1) is 9.11. The molecule has 3 nitrogen and oxygen atoms in total. The predicted octanol–water partition coefficient (Wildman–Crippen LogP) is 3.35. The summed E-state index contributed by atoms with van der Waals surface area (Å²) in [6, 6.07) is 0.573. The second kappa shape index (κ2) is 6.58. The van der Waals surface area contributed by atoms with Gasteiger partial charge in [0.15, 0.2) is 0 Å². The van der Waals surface area contributed by atoms with Gasteiger partial charge in [0.25, 0.3) is 0 Å². The Bertz CT molecular complexity index is 428. The summed E-state index contributed by atoms with van der Waals surface area (Å²) in [5.74, 6) is 0.955. The second-order valence-electron chi connectivity index (χ2n) is 5.38. The molecule has 1 aliphatic rings. The smallest absolute Gasteiger partial charge is 0.128 e. The number of rotatable bonds is 4. The van der Waals surface area contributed by atoms with Crippen LogP contribution in [0.2, 0.25) is 0 Å². The van der Waals surface area contributed by atoms with Crippen molar-refractivity contribution in [3.8, 4) is 5.75 Å². The minimum absolute atomic E-state index is 0.373. The Labute approximate surface area is 120 Å². The standard InChI is InChI=1S/C15H23ClN2O/c1-10-8-18-14(11(2)15(10)19-3)9-17-13-6-4-12(16)5-7-13/h8,12-13,17H,4-7,9H2,1-3H3. The summed E-state index contributed by atoms with van der Waals surface area (Å²) >= 11 is 6.12. The molecule has 106 valence electrons. The first-order valence-corrected chi connectivity index (χ1v) is 7.42. The summed E-state index contributed by atoms with van der Waals surface area (Å²) in [7, 11) is 1.72. The molecular weight excluding hydrogens is 260 g/mol. The van der Waals surface area contributed by atoms with Crippen LogP contribution in [0.25, 0.3) is 0 Å². The maximum absolute atomic E-state index is 6.12. The van der Waals surface area contributed by atoms with Gasteiger partial charge in [0.2, 0.25) is 0 Å². The van der Waals surface area contributed by atoms with Gasteiger partial charge in [-0.05, 0) is 39.5 Å². The summed E-state index contributed by atoms with van der Waals surface area (Å²) in [6.07, 6.45) is 6.44. The molecule has 4 heteroatoms. The van der Waals surface area contributed by atoms with E-state index in [1.807, 2.05) is 13.1 Å². The zero-order chi connectivity index (χ0) is 13.8. The van der Waals surface area contributed by atoms with E-state index in [-0.39, 0.29) is 0 Å². The third-order valence-corrected chi connectivity index (χ3v) is 4.40. The van der Waals surface area contributed by atoms with Gasteiger partial charge in [-0.3, -0.25) is 4.98 Å². The Kier molecular flexibility index (Phi) is 5.06. The van der Waals surface area contributed by atoms with E-state index in [1.54, 1.807) is 7.11 Å². The number of alkyl halides is 1. The van der Waals surface area contributed by atoms with Crippen LogP contribution in [-0.4, -0.2) is 23.5 Å². The van der Waals surface area contributed by atoms with Gasteiger partial charge in [0.1, 0.15) is 5.75 Å². The third kappa shape index (κ3) is 3.61. The first kappa shape index (κ1) is 14.6. The van der Waals surface area contributed by atoms with Gasteiger partial charge < -0.3 is 10.1 Å². The van der Waals surface area contributed by atoms with Crippen LogP contribution in [0.15, 0.2) is 6.20 Å². The van der Waals surface area contributed by atoms with Crippen molar-refractivity contribution in [2.45, 2.75) is 57.5 Å². The molecule has 0 radical (unpaired) electrons. The number of hydrogen-bond acceptors (Lipinski definition) is 3. The van der Waals surface area contributed by atoms with Gasteiger partial charge in [0.05, 0.1) is 12.8 Å². The number of pyridine rings is 1. The molecular formula is C15H23ClN2O. The van der Waals surface area contributed by atoms with Crippen LogP contribution in [0.5, 0.6) is 5.75 Å². The number of nitrogens with one attached hydrogen (secondary N) is 1. The molecule has 0 bridgehead atoms. The third-order valence-electron chi connectivity index (χ3n) is 3.96. The summed E-state index contributed by atoms with van der Waals surface area (Å²) < 4.78 is 5.44. The second-order valence-corrected chi connectivity index (χ2v) is 5.99. The average molecular weight is 283 g/mol. The maximum Gasteiger partial charge on any atom is 0.128 e. The molecule has 1 aromatic rings. The van der Waals surface area contributed by atoms with E-state index in [2.05, 4.69) is 17.2 Å². The van der Waals surface area contributed by atoms with Gasteiger partial charge >= 0.3 is 0 Å². The molecule has 1 heterocycles. The van der Waals surface area contributed by atoms with E-state index in [0.29, 0.717) is 11.4 Å². The Hall–Kier alpha value is -0.800. The monoisotopic (exact) mass is 282 g/mol. The fourth-order valence-corrected chi connectivity index (χ4v) is 3.00. The topological polar surface area (TPSA) is 34.1 Å². The maximum atomic E-state index is 6.12. The molecule has 1 N–H and O–H groups in total. The summed E-state index contributed by atoms with van der Waals surface area (Å²) in [6.45, 7) is 4.91. The van der Waals surface area contributed by atoms with Crippen LogP contribution >= 0.6 is 11.6 Å². The van der Waals surface area contributed by atoms with Crippen molar-refractivity contribution >= 4 is 11.6 Å². The lowest BCUT2D eigenvalue weighted by molar-refractivity contribution is 0.372. The predicted molar refractivity (Wildman–Crippen MR) is 79.0 cm³/mol. The van der Waals surface area contributed by atoms with Crippen LogP contribution in [-0.2, 0) is 6.54 Å². The molecule has 0 aliphatic heterocycles. The highest BCUT2D eigenvalue weighted by atomic mass is 35.5. The fraction of sp³-hybridized carbons (Fsp3) is 0.667. The molecule has 1 fully saturated rings. The molecule has 2 rings (SSSR count). The fourth-order valence-electron chi connectivity index (χ4n) is 2.75. The van der Waals surface area contributed by atoms with Crippen LogP contribution < -0.4 is 10.1 Å². The number of methoxy groups -OCH3 is 1. The van der Waals surface area contributed by atoms with Gasteiger partial charge in [0, 0.05) is 35.3 Å². The quantitative estimate of drug-likeness (QED) is 0.860. The van der Waals surface area contributed by atoms with E-state index in [4.69, 9.17) is 16.3 Å². The molecule has 19 heavy (non-hydrogen) atoms. The van der Waals surface area contributed by atoms with Crippen LogP contribution in [0.4, 0.5) is 0 Å². The number of ether oxygens (including phenoxy) is 1. The van der Waals surface area contributed by atoms with E-state index < -0.39 is 0 Å². The number of aryl methyl sites for hydroxylation is 1.